The van der Waals surface area contributed by atoms with Gasteiger partial charge in [-0.3, -0.25) is 0 Å². The second-order valence-corrected chi connectivity index (χ2v) is 10.2. The molecule has 2 heterocycles. The molecule has 7 nitrogen and oxygen atoms in total. The van der Waals surface area contributed by atoms with Crippen LogP contribution in [0.5, 0.6) is 5.75 Å². The summed E-state index contributed by atoms with van der Waals surface area (Å²) in [5.74, 6) is -0.508. The van der Waals surface area contributed by atoms with Crippen molar-refractivity contribution in [3.8, 4) is 5.75 Å². The van der Waals surface area contributed by atoms with E-state index < -0.39 is 21.4 Å². The van der Waals surface area contributed by atoms with Crippen LogP contribution in [0.2, 0.25) is 0 Å². The second kappa shape index (κ2) is 8.72. The molecule has 0 radical (unpaired) electrons. The van der Waals surface area contributed by atoms with Gasteiger partial charge in [0.2, 0.25) is 0 Å². The number of piperidine rings is 1. The maximum atomic E-state index is 15.0. The van der Waals surface area contributed by atoms with Gasteiger partial charge in [0.15, 0.2) is 0 Å². The van der Waals surface area contributed by atoms with Gasteiger partial charge >= 0.3 is 0 Å². The molecule has 2 N–H and O–H groups in total. The predicted molar refractivity (Wildman–Crippen MR) is 118 cm³/mol. The highest BCUT2D eigenvalue weighted by atomic mass is 32.2. The number of hydrogen-bond donors (Lipinski definition) is 2. The third kappa shape index (κ3) is 5.26. The SMILES string of the molecule is CS(C)(=O)=Nc1cc(F)c2c(Nc3ccc(F)cc3O[C@@H]3CCCNC3)ncnc2c1. The van der Waals surface area contributed by atoms with Crippen molar-refractivity contribution in [1.29, 1.82) is 0 Å². The number of ether oxygens (including phenoxy) is 1. The van der Waals surface area contributed by atoms with E-state index in [0.29, 0.717) is 23.5 Å². The monoisotopic (exact) mass is 447 g/mol. The van der Waals surface area contributed by atoms with Crippen molar-refractivity contribution < 1.29 is 17.7 Å². The summed E-state index contributed by atoms with van der Waals surface area (Å²) in [6.45, 7) is 1.60. The fraction of sp³-hybridized carbons (Fsp3) is 0.333. The Kier molecular flexibility index (Phi) is 6.01. The lowest BCUT2D eigenvalue weighted by atomic mass is 10.1. The summed E-state index contributed by atoms with van der Waals surface area (Å²) >= 11 is 0. The van der Waals surface area contributed by atoms with Crippen LogP contribution in [-0.4, -0.2) is 45.9 Å². The summed E-state index contributed by atoms with van der Waals surface area (Å²) in [7, 11) is -2.45. The summed E-state index contributed by atoms with van der Waals surface area (Å²) in [4.78, 5) is 8.29. The van der Waals surface area contributed by atoms with Gasteiger partial charge in [-0.05, 0) is 37.6 Å². The van der Waals surface area contributed by atoms with Gasteiger partial charge in [0.05, 0.1) is 22.3 Å². The van der Waals surface area contributed by atoms with Gasteiger partial charge in [0.25, 0.3) is 0 Å². The Morgan fingerprint density at radius 2 is 2.06 bits per heavy atom. The van der Waals surface area contributed by atoms with E-state index in [1.807, 2.05) is 0 Å². The maximum Gasteiger partial charge on any atom is 0.146 e. The number of nitrogens with one attached hydrogen (secondary N) is 2. The van der Waals surface area contributed by atoms with E-state index in [1.54, 1.807) is 6.07 Å². The number of benzene rings is 2. The van der Waals surface area contributed by atoms with Crippen molar-refractivity contribution in [2.75, 3.05) is 30.9 Å². The zero-order valence-electron chi connectivity index (χ0n) is 17.2. The number of aromatic nitrogens is 2. The number of nitrogens with zero attached hydrogens (tertiary/aromatic N) is 3. The molecule has 0 amide bonds. The standard InChI is InChI=1S/C21H23F2N5O2S/c1-31(2,29)28-14-9-16(23)20-18(10-14)25-12-26-21(20)27-17-6-5-13(22)8-19(17)30-15-4-3-7-24-11-15/h5-6,8-10,12,15,24H,3-4,7,11H2,1-2H3,(H,25,26,27)/t15-/m1/s1. The minimum atomic E-state index is -2.45. The van der Waals surface area contributed by atoms with Crippen molar-refractivity contribution in [2.24, 2.45) is 4.36 Å². The van der Waals surface area contributed by atoms with Crippen molar-refractivity contribution in [3.05, 3.63) is 48.3 Å². The number of halogens is 2. The Morgan fingerprint density at radius 3 is 2.81 bits per heavy atom. The number of hydrogen-bond acceptors (Lipinski definition) is 7. The highest BCUT2D eigenvalue weighted by Gasteiger charge is 2.18. The van der Waals surface area contributed by atoms with Gasteiger partial charge in [-0.1, -0.05) is 0 Å². The Morgan fingerprint density at radius 1 is 1.23 bits per heavy atom. The molecule has 0 spiro atoms. The summed E-state index contributed by atoms with van der Waals surface area (Å²) in [5.41, 5.74) is 1.01. The van der Waals surface area contributed by atoms with Gasteiger partial charge in [-0.2, -0.15) is 4.36 Å². The average molecular weight is 448 g/mol. The minimum Gasteiger partial charge on any atom is -0.487 e. The first-order chi connectivity index (χ1) is 14.8. The molecule has 164 valence electrons. The van der Waals surface area contributed by atoms with Crippen LogP contribution in [0.3, 0.4) is 0 Å². The van der Waals surface area contributed by atoms with E-state index in [2.05, 4.69) is 25.0 Å². The molecule has 1 fully saturated rings. The van der Waals surface area contributed by atoms with Crippen molar-refractivity contribution in [2.45, 2.75) is 18.9 Å². The molecule has 1 aromatic heterocycles. The van der Waals surface area contributed by atoms with Gasteiger partial charge < -0.3 is 15.4 Å². The first-order valence-electron chi connectivity index (χ1n) is 9.84. The fourth-order valence-electron chi connectivity index (χ4n) is 3.45. The fourth-order valence-corrected chi connectivity index (χ4v) is 4.07. The topological polar surface area (TPSA) is 88.5 Å². The molecular formula is C21H23F2N5O2S. The molecule has 4 rings (SSSR count). The molecule has 1 aliphatic rings. The lowest BCUT2D eigenvalue weighted by Crippen LogP contribution is -2.37. The van der Waals surface area contributed by atoms with Gasteiger partial charge in [0.1, 0.15) is 35.6 Å². The molecular weight excluding hydrogens is 424 g/mol. The molecule has 10 heteroatoms. The van der Waals surface area contributed by atoms with Crippen LogP contribution in [0.1, 0.15) is 12.8 Å². The van der Waals surface area contributed by atoms with Crippen molar-refractivity contribution in [1.82, 2.24) is 15.3 Å². The highest BCUT2D eigenvalue weighted by Crippen LogP contribution is 2.34. The minimum absolute atomic E-state index is 0.0860. The zero-order valence-corrected chi connectivity index (χ0v) is 18.0. The van der Waals surface area contributed by atoms with E-state index in [4.69, 9.17) is 4.74 Å². The van der Waals surface area contributed by atoms with E-state index in [9.17, 15) is 13.0 Å². The first-order valence-corrected chi connectivity index (χ1v) is 12.2. The maximum absolute atomic E-state index is 15.0. The van der Waals surface area contributed by atoms with Gasteiger partial charge in [-0.15, -0.1) is 0 Å². The van der Waals surface area contributed by atoms with Crippen molar-refractivity contribution >= 4 is 37.8 Å². The Balaban J connectivity index is 1.71. The highest BCUT2D eigenvalue weighted by molar-refractivity contribution is 7.92. The summed E-state index contributed by atoms with van der Waals surface area (Å²) in [6.07, 6.45) is 5.98. The molecule has 3 aromatic rings. The van der Waals surface area contributed by atoms with Crippen LogP contribution >= 0.6 is 0 Å². The van der Waals surface area contributed by atoms with Crippen LogP contribution in [0.25, 0.3) is 10.9 Å². The molecule has 0 aliphatic carbocycles. The molecule has 2 aromatic carbocycles. The average Bonchev–Trinajstić information content (AvgIpc) is 2.69. The van der Waals surface area contributed by atoms with Crippen LogP contribution in [0, 0.1) is 11.6 Å². The molecule has 31 heavy (non-hydrogen) atoms. The molecule has 0 saturated carbocycles. The third-order valence-corrected chi connectivity index (χ3v) is 5.39. The summed E-state index contributed by atoms with van der Waals surface area (Å²) in [6, 6.07) is 6.86. The Bertz CT molecular complexity index is 1230. The van der Waals surface area contributed by atoms with E-state index in [-0.39, 0.29) is 23.0 Å². The molecule has 0 unspecified atom stereocenters. The second-order valence-electron chi connectivity index (χ2n) is 7.67. The zero-order chi connectivity index (χ0) is 22.0. The predicted octanol–water partition coefficient (Wildman–Crippen LogP) is 4.14. The molecule has 1 saturated heterocycles. The molecule has 1 aliphatic heterocycles. The summed E-state index contributed by atoms with van der Waals surface area (Å²) in [5, 5.41) is 6.45. The van der Waals surface area contributed by atoms with Crippen LogP contribution < -0.4 is 15.4 Å². The van der Waals surface area contributed by atoms with Gasteiger partial charge in [-0.25, -0.2) is 23.0 Å². The first kappa shape index (κ1) is 21.4. The van der Waals surface area contributed by atoms with Crippen LogP contribution in [-0.2, 0) is 9.73 Å². The van der Waals surface area contributed by atoms with E-state index >= 15 is 0 Å². The van der Waals surface area contributed by atoms with E-state index in [0.717, 1.165) is 19.4 Å². The lowest BCUT2D eigenvalue weighted by Gasteiger charge is -2.25. The molecule has 1 atom stereocenters. The lowest BCUT2D eigenvalue weighted by molar-refractivity contribution is 0.167. The van der Waals surface area contributed by atoms with Crippen LogP contribution in [0.4, 0.5) is 26.0 Å². The molecule has 0 bridgehead atoms. The quantitative estimate of drug-likeness (QED) is 0.611. The number of rotatable bonds is 5. The normalized spacial score (nSPS) is 16.8. The third-order valence-electron chi connectivity index (χ3n) is 4.74. The summed E-state index contributed by atoms with van der Waals surface area (Å²) < 4.78 is 50.9. The number of anilines is 2. The van der Waals surface area contributed by atoms with Gasteiger partial charge in [0, 0.05) is 40.9 Å². The largest absolute Gasteiger partial charge is 0.487 e. The Hall–Kier alpha value is -2.85. The van der Waals surface area contributed by atoms with E-state index in [1.165, 1.54) is 43.1 Å². The van der Waals surface area contributed by atoms with Crippen molar-refractivity contribution in [3.63, 3.8) is 0 Å². The van der Waals surface area contributed by atoms with Crippen LogP contribution in [0.15, 0.2) is 41.0 Å². The smallest absolute Gasteiger partial charge is 0.146 e. The number of fused-ring (bicyclic) bond motifs is 1. The Labute approximate surface area is 179 Å².